The molecule has 0 spiro atoms. The van der Waals surface area contributed by atoms with Gasteiger partial charge in [-0.05, 0) is 13.3 Å². The van der Waals surface area contributed by atoms with Gasteiger partial charge in [0.05, 0.1) is 18.8 Å². The number of rotatable bonds is 3. The summed E-state index contributed by atoms with van der Waals surface area (Å²) in [5.41, 5.74) is 0. The first-order valence-electron chi connectivity index (χ1n) is 4.46. The zero-order chi connectivity index (χ0) is 9.84. The van der Waals surface area contributed by atoms with E-state index in [0.717, 1.165) is 0 Å². The van der Waals surface area contributed by atoms with Gasteiger partial charge in [-0.2, -0.15) is 0 Å². The lowest BCUT2D eigenvalue weighted by molar-refractivity contribution is -0.123. The fraction of sp³-hybridized carbons (Fsp3) is 0.875. The van der Waals surface area contributed by atoms with Gasteiger partial charge in [0, 0.05) is 12.6 Å². The molecule has 1 aliphatic rings. The lowest BCUT2D eigenvalue weighted by Crippen LogP contribution is -2.45. The van der Waals surface area contributed by atoms with E-state index < -0.39 is 6.10 Å². The molecule has 1 amide bonds. The average Bonchev–Trinajstić information content (AvgIpc) is 2.51. The smallest absolute Gasteiger partial charge is 0.237 e. The van der Waals surface area contributed by atoms with Gasteiger partial charge in [-0.15, -0.1) is 0 Å². The van der Waals surface area contributed by atoms with Crippen molar-refractivity contribution in [2.45, 2.75) is 31.5 Å². The Kier molecular flexibility index (Phi) is 3.65. The molecule has 5 heteroatoms. The predicted octanol–water partition coefficient (Wildman–Crippen LogP) is -1.79. The number of aliphatic hydroxyl groups excluding tert-OH is 2. The van der Waals surface area contributed by atoms with Gasteiger partial charge in [0.25, 0.3) is 0 Å². The summed E-state index contributed by atoms with van der Waals surface area (Å²) in [7, 11) is 0. The zero-order valence-corrected chi connectivity index (χ0v) is 7.66. The Balaban J connectivity index is 2.31. The molecule has 4 N–H and O–H groups in total. The minimum atomic E-state index is -0.430. The minimum absolute atomic E-state index is 0.0684. The molecule has 0 radical (unpaired) electrons. The molecule has 1 rings (SSSR count). The normalized spacial score (nSPS) is 30.1. The molecule has 1 aliphatic heterocycles. The van der Waals surface area contributed by atoms with Crippen LogP contribution in [0.3, 0.4) is 0 Å². The van der Waals surface area contributed by atoms with E-state index in [1.54, 1.807) is 6.92 Å². The van der Waals surface area contributed by atoms with Gasteiger partial charge in [-0.25, -0.2) is 0 Å². The number of hydrogen-bond acceptors (Lipinski definition) is 4. The Morgan fingerprint density at radius 3 is 2.92 bits per heavy atom. The van der Waals surface area contributed by atoms with Crippen LogP contribution in [0.2, 0.25) is 0 Å². The highest BCUT2D eigenvalue weighted by Crippen LogP contribution is 2.06. The SMILES string of the molecule is C[C@H](CO)NC(=O)C1CC(O)CN1. The predicted molar refractivity (Wildman–Crippen MR) is 47.1 cm³/mol. The maximum Gasteiger partial charge on any atom is 0.237 e. The first kappa shape index (κ1) is 10.4. The molecule has 2 unspecified atom stereocenters. The molecule has 1 saturated heterocycles. The fourth-order valence-electron chi connectivity index (χ4n) is 1.31. The zero-order valence-electron chi connectivity index (χ0n) is 7.66. The third-order valence-corrected chi connectivity index (χ3v) is 2.09. The quantitative estimate of drug-likeness (QED) is 0.421. The molecular weight excluding hydrogens is 172 g/mol. The van der Waals surface area contributed by atoms with E-state index in [0.29, 0.717) is 13.0 Å². The maximum absolute atomic E-state index is 11.4. The molecule has 0 aromatic rings. The number of amides is 1. The molecule has 1 heterocycles. The van der Waals surface area contributed by atoms with Crippen LogP contribution in [0.15, 0.2) is 0 Å². The maximum atomic E-state index is 11.4. The summed E-state index contributed by atoms with van der Waals surface area (Å²) in [6.07, 6.45) is 0.0180. The second-order valence-electron chi connectivity index (χ2n) is 3.44. The fourth-order valence-corrected chi connectivity index (χ4v) is 1.31. The Bertz CT molecular complexity index is 186. The van der Waals surface area contributed by atoms with E-state index in [9.17, 15) is 4.79 Å². The van der Waals surface area contributed by atoms with E-state index in [1.807, 2.05) is 0 Å². The highest BCUT2D eigenvalue weighted by Gasteiger charge is 2.28. The highest BCUT2D eigenvalue weighted by molar-refractivity contribution is 5.82. The molecular formula is C8H16N2O3. The lowest BCUT2D eigenvalue weighted by atomic mass is 10.2. The average molecular weight is 188 g/mol. The summed E-state index contributed by atoms with van der Waals surface area (Å²) < 4.78 is 0. The topological polar surface area (TPSA) is 81.6 Å². The Labute approximate surface area is 77.1 Å². The van der Waals surface area contributed by atoms with Crippen molar-refractivity contribution < 1.29 is 15.0 Å². The summed E-state index contributed by atoms with van der Waals surface area (Å²) in [5.74, 6) is -0.155. The van der Waals surface area contributed by atoms with Gasteiger partial charge >= 0.3 is 0 Å². The minimum Gasteiger partial charge on any atom is -0.394 e. The molecule has 5 nitrogen and oxygen atoms in total. The molecule has 0 saturated carbocycles. The van der Waals surface area contributed by atoms with Gasteiger partial charge in [0.1, 0.15) is 0 Å². The second-order valence-corrected chi connectivity index (χ2v) is 3.44. The Hall–Kier alpha value is -0.650. The molecule has 0 bridgehead atoms. The Morgan fingerprint density at radius 2 is 2.46 bits per heavy atom. The van der Waals surface area contributed by atoms with Crippen LogP contribution in [0.1, 0.15) is 13.3 Å². The van der Waals surface area contributed by atoms with E-state index in [1.165, 1.54) is 0 Å². The Morgan fingerprint density at radius 1 is 1.77 bits per heavy atom. The molecule has 13 heavy (non-hydrogen) atoms. The first-order chi connectivity index (χ1) is 6.13. The van der Waals surface area contributed by atoms with Crippen LogP contribution in [0.4, 0.5) is 0 Å². The third-order valence-electron chi connectivity index (χ3n) is 2.09. The van der Waals surface area contributed by atoms with Gasteiger partial charge in [0.15, 0.2) is 0 Å². The van der Waals surface area contributed by atoms with Crippen LogP contribution >= 0.6 is 0 Å². The third kappa shape index (κ3) is 2.95. The van der Waals surface area contributed by atoms with Crippen molar-refractivity contribution in [3.8, 4) is 0 Å². The van der Waals surface area contributed by atoms with E-state index in [-0.39, 0.29) is 24.6 Å². The van der Waals surface area contributed by atoms with Gasteiger partial charge in [-0.1, -0.05) is 0 Å². The van der Waals surface area contributed by atoms with Crippen LogP contribution < -0.4 is 10.6 Å². The van der Waals surface area contributed by atoms with E-state index in [2.05, 4.69) is 10.6 Å². The molecule has 1 fully saturated rings. The van der Waals surface area contributed by atoms with Gasteiger partial charge in [0.2, 0.25) is 5.91 Å². The highest BCUT2D eigenvalue weighted by atomic mass is 16.3. The number of β-amino-alcohol motifs (C(OH)–C–C–N with tert-alkyl or cyclic N) is 1. The largest absolute Gasteiger partial charge is 0.394 e. The van der Waals surface area contributed by atoms with E-state index >= 15 is 0 Å². The van der Waals surface area contributed by atoms with Crippen LogP contribution in [0, 0.1) is 0 Å². The summed E-state index contributed by atoms with van der Waals surface area (Å²) in [5, 5.41) is 23.4. The van der Waals surface area contributed by atoms with Crippen molar-refractivity contribution in [1.29, 1.82) is 0 Å². The number of carbonyl (C=O) groups is 1. The monoisotopic (exact) mass is 188 g/mol. The number of aliphatic hydroxyl groups is 2. The summed E-state index contributed by atoms with van der Waals surface area (Å²) in [6.45, 7) is 2.12. The summed E-state index contributed by atoms with van der Waals surface area (Å²) >= 11 is 0. The van der Waals surface area contributed by atoms with Crippen molar-refractivity contribution in [2.75, 3.05) is 13.2 Å². The lowest BCUT2D eigenvalue weighted by Gasteiger charge is -2.14. The van der Waals surface area contributed by atoms with Crippen molar-refractivity contribution >= 4 is 5.91 Å². The van der Waals surface area contributed by atoms with Gasteiger partial charge in [-0.3, -0.25) is 4.79 Å². The summed E-state index contributed by atoms with van der Waals surface area (Å²) in [4.78, 5) is 11.4. The van der Waals surface area contributed by atoms with Crippen LogP contribution in [-0.4, -0.2) is 47.5 Å². The second kappa shape index (κ2) is 4.55. The number of hydrogen-bond donors (Lipinski definition) is 4. The first-order valence-corrected chi connectivity index (χ1v) is 4.46. The van der Waals surface area contributed by atoms with Crippen molar-refractivity contribution in [2.24, 2.45) is 0 Å². The standard InChI is InChI=1S/C8H16N2O3/c1-5(4-11)10-8(13)7-2-6(12)3-9-7/h5-7,9,11-12H,2-4H2,1H3,(H,10,13)/t5-,6?,7?/m1/s1. The van der Waals surface area contributed by atoms with Crippen LogP contribution in [0.25, 0.3) is 0 Å². The molecule has 0 aliphatic carbocycles. The molecule has 0 aromatic heterocycles. The molecule has 0 aromatic carbocycles. The van der Waals surface area contributed by atoms with Gasteiger partial charge < -0.3 is 20.8 Å². The number of nitrogens with one attached hydrogen (secondary N) is 2. The van der Waals surface area contributed by atoms with Crippen LogP contribution in [0.5, 0.6) is 0 Å². The van der Waals surface area contributed by atoms with Crippen molar-refractivity contribution in [3.63, 3.8) is 0 Å². The van der Waals surface area contributed by atoms with E-state index in [4.69, 9.17) is 10.2 Å². The van der Waals surface area contributed by atoms with Crippen molar-refractivity contribution in [1.82, 2.24) is 10.6 Å². The molecule has 76 valence electrons. The molecule has 3 atom stereocenters. The number of carbonyl (C=O) groups excluding carboxylic acids is 1. The van der Waals surface area contributed by atoms with Crippen LogP contribution in [-0.2, 0) is 4.79 Å². The van der Waals surface area contributed by atoms with Crippen molar-refractivity contribution in [3.05, 3.63) is 0 Å². The summed E-state index contributed by atoms with van der Waals surface area (Å²) in [6, 6.07) is -0.545.